The Labute approximate surface area is 177 Å². The summed E-state index contributed by atoms with van der Waals surface area (Å²) >= 11 is 5.97. The molecule has 1 aliphatic rings. The molecule has 0 aliphatic carbocycles. The largest absolute Gasteiger partial charge is 0.490 e. The number of alkyl halides is 3. The van der Waals surface area contributed by atoms with Gasteiger partial charge in [0.15, 0.2) is 0 Å². The number of morpholine rings is 1. The lowest BCUT2D eigenvalue weighted by Crippen LogP contribution is -2.56. The number of primary amides is 1. The standard InChI is InChI=1S/C21H22ClF3N2O3/c22-17-2-1-3-18(10-17)29-14-20(11-19(26)28)13-27(8-9-30-20)12-15-4-6-16(7-5-15)21(23,24)25/h1-7,10H,8-9,11-14H2,(H2,26,28). The first-order chi connectivity index (χ1) is 14.2. The fourth-order valence-corrected chi connectivity index (χ4v) is 3.63. The van der Waals surface area contributed by atoms with Crippen LogP contribution in [0.2, 0.25) is 5.02 Å². The van der Waals surface area contributed by atoms with E-state index in [9.17, 15) is 18.0 Å². The van der Waals surface area contributed by atoms with Crippen LogP contribution in [0.3, 0.4) is 0 Å². The van der Waals surface area contributed by atoms with Crippen molar-refractivity contribution in [2.75, 3.05) is 26.3 Å². The molecule has 5 nitrogen and oxygen atoms in total. The Kier molecular flexibility index (Phi) is 6.90. The van der Waals surface area contributed by atoms with Gasteiger partial charge in [0.05, 0.1) is 18.6 Å². The van der Waals surface area contributed by atoms with Gasteiger partial charge in [-0.2, -0.15) is 13.2 Å². The molecule has 0 spiro atoms. The van der Waals surface area contributed by atoms with Gasteiger partial charge in [-0.15, -0.1) is 0 Å². The molecular weight excluding hydrogens is 421 g/mol. The van der Waals surface area contributed by atoms with Gasteiger partial charge >= 0.3 is 6.18 Å². The lowest BCUT2D eigenvalue weighted by atomic mass is 9.97. The highest BCUT2D eigenvalue weighted by atomic mass is 35.5. The average Bonchev–Trinajstić information content (AvgIpc) is 2.66. The summed E-state index contributed by atoms with van der Waals surface area (Å²) in [6.45, 7) is 1.75. The smallest absolute Gasteiger partial charge is 0.416 e. The van der Waals surface area contributed by atoms with Gasteiger partial charge in [0.1, 0.15) is 18.0 Å². The van der Waals surface area contributed by atoms with Crippen molar-refractivity contribution < 1.29 is 27.4 Å². The first kappa shape index (κ1) is 22.4. The number of nitrogens with two attached hydrogens (primary N) is 1. The van der Waals surface area contributed by atoms with Crippen LogP contribution in [0.4, 0.5) is 13.2 Å². The van der Waals surface area contributed by atoms with E-state index in [0.29, 0.717) is 37.0 Å². The highest BCUT2D eigenvalue weighted by molar-refractivity contribution is 6.30. The molecular formula is C21H22ClF3N2O3. The van der Waals surface area contributed by atoms with E-state index in [-0.39, 0.29) is 13.0 Å². The number of benzene rings is 2. The van der Waals surface area contributed by atoms with Gasteiger partial charge in [-0.05, 0) is 35.9 Å². The second kappa shape index (κ2) is 9.24. The number of carbonyl (C=O) groups excluding carboxylic acids is 1. The molecule has 2 aromatic rings. The van der Waals surface area contributed by atoms with E-state index in [2.05, 4.69) is 0 Å². The van der Waals surface area contributed by atoms with Gasteiger partial charge in [0.2, 0.25) is 5.91 Å². The lowest BCUT2D eigenvalue weighted by Gasteiger charge is -2.42. The minimum Gasteiger partial charge on any atom is -0.490 e. The number of carbonyl (C=O) groups is 1. The first-order valence-electron chi connectivity index (χ1n) is 9.34. The summed E-state index contributed by atoms with van der Waals surface area (Å²) in [6, 6.07) is 11.9. The first-order valence-corrected chi connectivity index (χ1v) is 9.72. The zero-order chi connectivity index (χ0) is 21.8. The number of halogens is 4. The number of amides is 1. The molecule has 1 saturated heterocycles. The molecule has 9 heteroatoms. The van der Waals surface area contributed by atoms with Crippen molar-refractivity contribution >= 4 is 17.5 Å². The van der Waals surface area contributed by atoms with Crippen molar-refractivity contribution in [3.8, 4) is 5.75 Å². The van der Waals surface area contributed by atoms with Crippen LogP contribution >= 0.6 is 11.6 Å². The Morgan fingerprint density at radius 3 is 2.60 bits per heavy atom. The quantitative estimate of drug-likeness (QED) is 0.706. The second-order valence-electron chi connectivity index (χ2n) is 7.33. The van der Waals surface area contributed by atoms with Gasteiger partial charge in [0, 0.05) is 24.7 Å². The summed E-state index contributed by atoms with van der Waals surface area (Å²) in [6.07, 6.45) is -4.41. The Balaban J connectivity index is 1.69. The van der Waals surface area contributed by atoms with Crippen molar-refractivity contribution in [2.45, 2.75) is 24.7 Å². The molecule has 1 atom stereocenters. The van der Waals surface area contributed by atoms with Crippen LogP contribution in [-0.4, -0.2) is 42.7 Å². The number of hydrogen-bond donors (Lipinski definition) is 1. The maximum Gasteiger partial charge on any atom is 0.416 e. The summed E-state index contributed by atoms with van der Waals surface area (Å²) in [5.41, 5.74) is 4.52. The third-order valence-electron chi connectivity index (χ3n) is 4.81. The SMILES string of the molecule is NC(=O)CC1(COc2cccc(Cl)c2)CN(Cc2ccc(C(F)(F)F)cc2)CCO1. The number of nitrogens with zero attached hydrogens (tertiary/aromatic N) is 1. The van der Waals surface area contributed by atoms with Crippen LogP contribution in [0.1, 0.15) is 17.5 Å². The predicted octanol–water partition coefficient (Wildman–Crippen LogP) is 3.88. The summed E-state index contributed by atoms with van der Waals surface area (Å²) in [5.74, 6) is 0.0101. The van der Waals surface area contributed by atoms with E-state index in [1.165, 1.54) is 12.1 Å². The van der Waals surface area contributed by atoms with Gasteiger partial charge in [-0.3, -0.25) is 9.69 Å². The van der Waals surface area contributed by atoms with E-state index in [1.54, 1.807) is 24.3 Å². The monoisotopic (exact) mass is 442 g/mol. The molecule has 30 heavy (non-hydrogen) atoms. The highest BCUT2D eigenvalue weighted by Gasteiger charge is 2.39. The molecule has 1 unspecified atom stereocenters. The van der Waals surface area contributed by atoms with Gasteiger partial charge in [-0.25, -0.2) is 0 Å². The molecule has 1 heterocycles. The summed E-state index contributed by atoms with van der Waals surface area (Å²) in [7, 11) is 0. The molecule has 0 aromatic heterocycles. The second-order valence-corrected chi connectivity index (χ2v) is 7.76. The summed E-state index contributed by atoms with van der Waals surface area (Å²) < 4.78 is 50.0. The van der Waals surface area contributed by atoms with Crippen LogP contribution in [0.15, 0.2) is 48.5 Å². The Morgan fingerprint density at radius 1 is 1.23 bits per heavy atom. The fourth-order valence-electron chi connectivity index (χ4n) is 3.45. The molecule has 0 saturated carbocycles. The molecule has 0 bridgehead atoms. The van der Waals surface area contributed by atoms with E-state index in [0.717, 1.165) is 17.7 Å². The summed E-state index contributed by atoms with van der Waals surface area (Å²) in [4.78, 5) is 13.7. The molecule has 3 rings (SSSR count). The van der Waals surface area contributed by atoms with E-state index >= 15 is 0 Å². The van der Waals surface area contributed by atoms with Crippen LogP contribution in [0.25, 0.3) is 0 Å². The number of ether oxygens (including phenoxy) is 2. The van der Waals surface area contributed by atoms with Crippen LogP contribution in [0.5, 0.6) is 5.75 Å². The Morgan fingerprint density at radius 2 is 1.97 bits per heavy atom. The molecule has 162 valence electrons. The maximum atomic E-state index is 12.8. The van der Waals surface area contributed by atoms with Crippen molar-refractivity contribution in [2.24, 2.45) is 5.73 Å². The van der Waals surface area contributed by atoms with Crippen molar-refractivity contribution in [1.29, 1.82) is 0 Å². The number of hydrogen-bond acceptors (Lipinski definition) is 4. The van der Waals surface area contributed by atoms with Crippen molar-refractivity contribution in [3.05, 3.63) is 64.7 Å². The molecule has 2 aromatic carbocycles. The van der Waals surface area contributed by atoms with Crippen molar-refractivity contribution in [3.63, 3.8) is 0 Å². The zero-order valence-corrected chi connectivity index (χ0v) is 16.9. The van der Waals surface area contributed by atoms with Crippen molar-refractivity contribution in [1.82, 2.24) is 4.90 Å². The number of rotatable bonds is 7. The zero-order valence-electron chi connectivity index (χ0n) is 16.1. The van der Waals surface area contributed by atoms with Crippen LogP contribution in [-0.2, 0) is 22.3 Å². The van der Waals surface area contributed by atoms with Gasteiger partial charge in [-0.1, -0.05) is 29.8 Å². The average molecular weight is 443 g/mol. The topological polar surface area (TPSA) is 64.8 Å². The highest BCUT2D eigenvalue weighted by Crippen LogP contribution is 2.30. The van der Waals surface area contributed by atoms with E-state index in [1.807, 2.05) is 4.90 Å². The lowest BCUT2D eigenvalue weighted by molar-refractivity contribution is -0.148. The molecule has 1 aliphatic heterocycles. The Bertz CT molecular complexity index is 877. The van der Waals surface area contributed by atoms with E-state index in [4.69, 9.17) is 26.8 Å². The minimum absolute atomic E-state index is 0.0446. The van der Waals surface area contributed by atoms with Gasteiger partial charge < -0.3 is 15.2 Å². The summed E-state index contributed by atoms with van der Waals surface area (Å²) in [5, 5.41) is 0.518. The van der Waals surface area contributed by atoms with Crippen LogP contribution < -0.4 is 10.5 Å². The maximum absolute atomic E-state index is 12.8. The van der Waals surface area contributed by atoms with Gasteiger partial charge in [0.25, 0.3) is 0 Å². The van der Waals surface area contributed by atoms with E-state index < -0.39 is 23.2 Å². The molecule has 1 fully saturated rings. The third-order valence-corrected chi connectivity index (χ3v) is 5.04. The van der Waals surface area contributed by atoms with Crippen LogP contribution in [0, 0.1) is 0 Å². The fraction of sp³-hybridized carbons (Fsp3) is 0.381. The molecule has 1 amide bonds. The third kappa shape index (κ3) is 6.10. The molecule has 0 radical (unpaired) electrons. The predicted molar refractivity (Wildman–Crippen MR) is 106 cm³/mol. The minimum atomic E-state index is -4.37. The molecule has 2 N–H and O–H groups in total. The Hall–Kier alpha value is -2.29. The normalized spacial score (nSPS) is 20.1.